The molecule has 0 amide bonds. The molecule has 0 saturated heterocycles. The molecule has 0 aliphatic carbocycles. The van der Waals surface area contributed by atoms with Crippen LogP contribution in [0.15, 0.2) is 12.7 Å². The van der Waals surface area contributed by atoms with E-state index in [0.29, 0.717) is 6.61 Å². The van der Waals surface area contributed by atoms with E-state index in [1.165, 1.54) is 6.08 Å². The minimum Gasteiger partial charge on any atom is -0.492 e. The molecule has 132 valence electrons. The van der Waals surface area contributed by atoms with Crippen molar-refractivity contribution in [2.45, 2.75) is 52.2 Å². The Bertz CT molecular complexity index is 315. The van der Waals surface area contributed by atoms with Crippen molar-refractivity contribution in [1.82, 2.24) is 0 Å². The number of aliphatic hydroxyl groups is 2. The summed E-state index contributed by atoms with van der Waals surface area (Å²) in [5.41, 5.74) is 0. The molecule has 1 atom stereocenters. The van der Waals surface area contributed by atoms with Crippen LogP contribution in [0, 0.1) is 0 Å². The van der Waals surface area contributed by atoms with Gasteiger partial charge in [0.05, 0.1) is 13.2 Å². The molecule has 0 aromatic carbocycles. The first-order chi connectivity index (χ1) is 9.97. The van der Waals surface area contributed by atoms with Gasteiger partial charge in [0.25, 0.3) is 0 Å². The summed E-state index contributed by atoms with van der Waals surface area (Å²) >= 11 is 0. The number of aliphatic hydroxyl groups excluding tert-OH is 2. The highest BCUT2D eigenvalue weighted by Gasteiger charge is 2.34. The Hall–Kier alpha value is -0.516. The summed E-state index contributed by atoms with van der Waals surface area (Å²) in [6.45, 7) is 16.0. The normalized spacial score (nSPS) is 12.9. The molecule has 0 aromatic rings. The maximum Gasteiger partial charge on any atom is 0.385 e. The summed E-state index contributed by atoms with van der Waals surface area (Å²) in [6, 6.07) is 0. The van der Waals surface area contributed by atoms with Crippen LogP contribution in [0.25, 0.3) is 0 Å². The maximum absolute atomic E-state index is 10.9. The Morgan fingerprint density at radius 1 is 1.27 bits per heavy atom. The lowest BCUT2D eigenvalue weighted by molar-refractivity contribution is -0.130. The van der Waals surface area contributed by atoms with E-state index in [9.17, 15) is 4.79 Å². The van der Waals surface area contributed by atoms with E-state index in [4.69, 9.17) is 23.5 Å². The molecule has 0 aliphatic rings. The Morgan fingerprint density at radius 2 is 1.82 bits per heavy atom. The van der Waals surface area contributed by atoms with Gasteiger partial charge in [-0.2, -0.15) is 0 Å². The van der Waals surface area contributed by atoms with Crippen molar-refractivity contribution in [3.63, 3.8) is 0 Å². The van der Waals surface area contributed by atoms with Crippen molar-refractivity contribution in [1.29, 1.82) is 0 Å². The van der Waals surface area contributed by atoms with Crippen molar-refractivity contribution in [2.75, 3.05) is 19.8 Å². The van der Waals surface area contributed by atoms with Crippen molar-refractivity contribution in [3.8, 4) is 0 Å². The number of rotatable bonds is 9. The summed E-state index contributed by atoms with van der Waals surface area (Å²) < 4.78 is 15.9. The third-order valence-corrected chi connectivity index (χ3v) is 7.04. The van der Waals surface area contributed by atoms with Gasteiger partial charge in [-0.25, -0.2) is 4.79 Å². The Kier molecular flexibility index (Phi) is 12.9. The van der Waals surface area contributed by atoms with E-state index in [0.717, 1.165) is 6.42 Å². The predicted octanol–water partition coefficient (Wildman–Crippen LogP) is 2.04. The summed E-state index contributed by atoms with van der Waals surface area (Å²) in [4.78, 5) is 10.9. The smallest absolute Gasteiger partial charge is 0.385 e. The molecule has 0 radical (unpaired) electrons. The zero-order valence-corrected chi connectivity index (χ0v) is 16.7. The van der Waals surface area contributed by atoms with Gasteiger partial charge in [0.1, 0.15) is 6.10 Å². The molecule has 0 spiro atoms. The van der Waals surface area contributed by atoms with Crippen LogP contribution in [0.3, 0.4) is 0 Å². The molecule has 0 saturated carbocycles. The molecule has 0 aliphatic heterocycles. The van der Waals surface area contributed by atoms with Crippen molar-refractivity contribution in [3.05, 3.63) is 12.7 Å². The van der Waals surface area contributed by atoms with E-state index in [-0.39, 0.29) is 13.2 Å². The second-order valence-electron chi connectivity index (χ2n) is 6.15. The molecule has 8 heteroatoms. The van der Waals surface area contributed by atoms with Crippen LogP contribution >= 0.6 is 0 Å². The molecule has 1 unspecified atom stereocenters. The first-order valence-corrected chi connectivity index (χ1v) is 13.6. The molecular weight excluding hydrogens is 320 g/mol. The van der Waals surface area contributed by atoms with Crippen LogP contribution in [0.5, 0.6) is 0 Å². The van der Waals surface area contributed by atoms with Crippen molar-refractivity contribution in [2.24, 2.45) is 0 Å². The lowest BCUT2D eigenvalue weighted by Gasteiger charge is -2.29. The monoisotopic (exact) mass is 352 g/mol. The SMILES string of the molecule is C=CC(=O)O[Si](C)(C)O[Si](C)(C)C.CCCOCC(O)CO. The van der Waals surface area contributed by atoms with Gasteiger partial charge in [-0.1, -0.05) is 13.5 Å². The lowest BCUT2D eigenvalue weighted by atomic mass is 10.4. The second kappa shape index (κ2) is 12.0. The highest BCUT2D eigenvalue weighted by Crippen LogP contribution is 2.15. The predicted molar refractivity (Wildman–Crippen MR) is 92.4 cm³/mol. The van der Waals surface area contributed by atoms with Crippen LogP contribution in [0.1, 0.15) is 13.3 Å². The van der Waals surface area contributed by atoms with Gasteiger partial charge in [-0.3, -0.25) is 0 Å². The second-order valence-corrected chi connectivity index (χ2v) is 14.2. The van der Waals surface area contributed by atoms with Gasteiger partial charge in [0.2, 0.25) is 0 Å². The number of ether oxygens (including phenoxy) is 1. The molecule has 0 rings (SSSR count). The molecule has 6 nitrogen and oxygen atoms in total. The highest BCUT2D eigenvalue weighted by molar-refractivity contribution is 6.81. The molecular formula is C14H32O6Si2. The molecule has 0 aromatic heterocycles. The van der Waals surface area contributed by atoms with Crippen LogP contribution in [0.4, 0.5) is 0 Å². The van der Waals surface area contributed by atoms with E-state index >= 15 is 0 Å². The molecule has 0 heterocycles. The molecule has 2 N–H and O–H groups in total. The van der Waals surface area contributed by atoms with Gasteiger partial charge >= 0.3 is 14.5 Å². The molecule has 22 heavy (non-hydrogen) atoms. The first kappa shape index (κ1) is 23.7. The Balaban J connectivity index is 0. The molecule has 0 bridgehead atoms. The average molecular weight is 353 g/mol. The van der Waals surface area contributed by atoms with Crippen LogP contribution in [-0.2, 0) is 18.1 Å². The fourth-order valence-corrected chi connectivity index (χ4v) is 8.09. The average Bonchev–Trinajstić information content (AvgIpc) is 2.35. The van der Waals surface area contributed by atoms with Crippen LogP contribution in [-0.4, -0.2) is 59.0 Å². The topological polar surface area (TPSA) is 85.2 Å². The van der Waals surface area contributed by atoms with Crippen molar-refractivity contribution >= 4 is 22.8 Å². The summed E-state index contributed by atoms with van der Waals surface area (Å²) in [5.74, 6) is -0.394. The van der Waals surface area contributed by atoms with Gasteiger partial charge in [-0.15, -0.1) is 0 Å². The zero-order valence-electron chi connectivity index (χ0n) is 14.7. The summed E-state index contributed by atoms with van der Waals surface area (Å²) in [7, 11) is -3.90. The lowest BCUT2D eigenvalue weighted by Crippen LogP contribution is -2.45. The fraction of sp³-hybridized carbons (Fsp3) is 0.786. The first-order valence-electron chi connectivity index (χ1n) is 7.39. The Morgan fingerprint density at radius 3 is 2.18 bits per heavy atom. The van der Waals surface area contributed by atoms with Crippen LogP contribution in [0.2, 0.25) is 32.7 Å². The third-order valence-electron chi connectivity index (χ3n) is 1.93. The highest BCUT2D eigenvalue weighted by atomic mass is 28.4. The quantitative estimate of drug-likeness (QED) is 0.375. The van der Waals surface area contributed by atoms with E-state index in [1.807, 2.05) is 20.0 Å². The number of carbonyl (C=O) groups is 1. The van der Waals surface area contributed by atoms with Crippen molar-refractivity contribution < 1.29 is 28.3 Å². The standard InChI is InChI=1S/C8H18O3Si2.C6H14O3/c1-7-8(9)10-13(5,6)11-12(2,3)4;1-2-3-9-5-6(8)4-7/h7H,1H2,2-6H3;6-8H,2-5H2,1H3. The number of hydrogen-bond donors (Lipinski definition) is 2. The summed E-state index contributed by atoms with van der Waals surface area (Å²) in [6.07, 6.45) is 1.40. The Labute approximate surface area is 136 Å². The van der Waals surface area contributed by atoms with Gasteiger partial charge in [0.15, 0.2) is 8.32 Å². The minimum atomic E-state index is -2.28. The number of carbonyl (C=O) groups excluding carboxylic acids is 1. The van der Waals surface area contributed by atoms with Gasteiger partial charge in [0, 0.05) is 12.7 Å². The maximum atomic E-state index is 10.9. The van der Waals surface area contributed by atoms with E-state index < -0.39 is 29.0 Å². The molecule has 0 fully saturated rings. The van der Waals surface area contributed by atoms with E-state index in [1.54, 1.807) is 0 Å². The zero-order chi connectivity index (χ0) is 17.8. The number of hydrogen-bond acceptors (Lipinski definition) is 6. The van der Waals surface area contributed by atoms with Gasteiger partial charge < -0.3 is 23.5 Å². The van der Waals surface area contributed by atoms with E-state index in [2.05, 4.69) is 26.2 Å². The fourth-order valence-electron chi connectivity index (χ4n) is 1.46. The van der Waals surface area contributed by atoms with Crippen LogP contribution < -0.4 is 0 Å². The van der Waals surface area contributed by atoms with Gasteiger partial charge in [-0.05, 0) is 39.2 Å². The minimum absolute atomic E-state index is 0.219. The largest absolute Gasteiger partial charge is 0.492 e. The third kappa shape index (κ3) is 17.5. The summed E-state index contributed by atoms with van der Waals surface area (Å²) in [5, 5.41) is 17.0.